The first kappa shape index (κ1) is 23.7. The van der Waals surface area contributed by atoms with Crippen LogP contribution in [0.1, 0.15) is 34.3 Å². The smallest absolute Gasteiger partial charge is 0.253 e. The molecular formula is C23H29N3O5S. The van der Waals surface area contributed by atoms with Crippen molar-refractivity contribution < 1.29 is 22.7 Å². The molecule has 0 aliphatic carbocycles. The number of aryl methyl sites for hydroxylation is 1. The maximum Gasteiger partial charge on any atom is 0.253 e. The number of sulfonamides is 1. The number of carbonyl (C=O) groups excluding carboxylic acids is 2. The molecule has 0 unspecified atom stereocenters. The van der Waals surface area contributed by atoms with E-state index in [-0.39, 0.29) is 12.0 Å². The summed E-state index contributed by atoms with van der Waals surface area (Å²) in [5.41, 5.74) is 2.77. The normalized spacial score (nSPS) is 15.9. The summed E-state index contributed by atoms with van der Waals surface area (Å²) in [6.45, 7) is 4.38. The van der Waals surface area contributed by atoms with Crippen LogP contribution >= 0.6 is 0 Å². The summed E-state index contributed by atoms with van der Waals surface area (Å²) in [6, 6.07) is 11.9. The van der Waals surface area contributed by atoms with Gasteiger partial charge in [0.25, 0.3) is 5.91 Å². The van der Waals surface area contributed by atoms with Crippen molar-refractivity contribution >= 4 is 33.2 Å². The molecule has 0 bridgehead atoms. The van der Waals surface area contributed by atoms with E-state index in [0.29, 0.717) is 30.1 Å². The van der Waals surface area contributed by atoms with Crippen molar-refractivity contribution in [3.05, 3.63) is 59.2 Å². The van der Waals surface area contributed by atoms with Gasteiger partial charge in [-0.05, 0) is 56.0 Å². The first-order valence-electron chi connectivity index (χ1n) is 10.5. The molecule has 2 N–H and O–H groups in total. The molecule has 0 saturated carbocycles. The van der Waals surface area contributed by atoms with Crippen molar-refractivity contribution in [1.82, 2.24) is 5.32 Å². The zero-order chi connectivity index (χ0) is 23.3. The molecule has 1 heterocycles. The lowest BCUT2D eigenvalue weighted by molar-refractivity contribution is -0.114. The van der Waals surface area contributed by atoms with E-state index in [4.69, 9.17) is 4.74 Å². The van der Waals surface area contributed by atoms with E-state index in [9.17, 15) is 18.0 Å². The summed E-state index contributed by atoms with van der Waals surface area (Å²) in [4.78, 5) is 25.5. The highest BCUT2D eigenvalue weighted by Gasteiger charge is 2.24. The van der Waals surface area contributed by atoms with Crippen molar-refractivity contribution in [1.29, 1.82) is 0 Å². The van der Waals surface area contributed by atoms with E-state index in [1.54, 1.807) is 36.4 Å². The molecule has 8 nitrogen and oxygen atoms in total. The molecule has 9 heteroatoms. The first-order chi connectivity index (χ1) is 15.2. The number of nitrogens with one attached hydrogen (secondary N) is 2. The van der Waals surface area contributed by atoms with Crippen LogP contribution in [0, 0.1) is 13.8 Å². The van der Waals surface area contributed by atoms with Gasteiger partial charge in [-0.2, -0.15) is 0 Å². The van der Waals surface area contributed by atoms with E-state index in [2.05, 4.69) is 10.6 Å². The Balaban J connectivity index is 1.74. The SMILES string of the molecule is Cc1cccc(N(CC(=O)Nc2ccccc2C(=O)NC[C@H]2CCCO2)S(C)(=O)=O)c1C. The third kappa shape index (κ3) is 5.86. The number of para-hydroxylation sites is 1. The van der Waals surface area contributed by atoms with E-state index in [1.165, 1.54) is 0 Å². The van der Waals surface area contributed by atoms with Gasteiger partial charge < -0.3 is 15.4 Å². The predicted molar refractivity (Wildman–Crippen MR) is 124 cm³/mol. The van der Waals surface area contributed by atoms with E-state index < -0.39 is 22.5 Å². The molecular weight excluding hydrogens is 430 g/mol. The zero-order valence-electron chi connectivity index (χ0n) is 18.6. The number of benzene rings is 2. The summed E-state index contributed by atoms with van der Waals surface area (Å²) in [5.74, 6) is -0.874. The zero-order valence-corrected chi connectivity index (χ0v) is 19.4. The maximum atomic E-state index is 12.8. The van der Waals surface area contributed by atoms with Crippen LogP contribution in [0.5, 0.6) is 0 Å². The number of hydrogen-bond acceptors (Lipinski definition) is 5. The highest BCUT2D eigenvalue weighted by atomic mass is 32.2. The van der Waals surface area contributed by atoms with Crippen molar-refractivity contribution in [2.45, 2.75) is 32.8 Å². The fraction of sp³-hybridized carbons (Fsp3) is 0.391. The second kappa shape index (κ2) is 10.1. The standard InChI is InChI=1S/C23H29N3O5S/c1-16-8-6-12-21(17(16)2)26(32(3,29)30)15-22(27)25-20-11-5-4-10-19(20)23(28)24-14-18-9-7-13-31-18/h4-6,8,10-12,18H,7,9,13-15H2,1-3H3,(H,24,28)(H,25,27)/t18-/m1/s1. The second-order valence-electron chi connectivity index (χ2n) is 7.93. The molecule has 2 aromatic rings. The Morgan fingerprint density at radius 3 is 2.56 bits per heavy atom. The van der Waals surface area contributed by atoms with Crippen LogP contribution in [-0.2, 0) is 19.6 Å². The minimum atomic E-state index is -3.71. The maximum absolute atomic E-state index is 12.8. The second-order valence-corrected chi connectivity index (χ2v) is 9.83. The Bertz CT molecular complexity index is 1090. The van der Waals surface area contributed by atoms with E-state index >= 15 is 0 Å². The molecule has 1 saturated heterocycles. The molecule has 0 radical (unpaired) electrons. The highest BCUT2D eigenvalue weighted by Crippen LogP contribution is 2.25. The predicted octanol–water partition coefficient (Wildman–Crippen LogP) is 2.62. The third-order valence-electron chi connectivity index (χ3n) is 5.49. The fourth-order valence-corrected chi connectivity index (χ4v) is 4.51. The van der Waals surface area contributed by atoms with Gasteiger partial charge in [-0.1, -0.05) is 24.3 Å². The number of carbonyl (C=O) groups is 2. The minimum absolute atomic E-state index is 0.00147. The molecule has 2 aromatic carbocycles. The van der Waals surface area contributed by atoms with Crippen molar-refractivity contribution in [3.8, 4) is 0 Å². The highest BCUT2D eigenvalue weighted by molar-refractivity contribution is 7.92. The van der Waals surface area contributed by atoms with Gasteiger partial charge in [0.05, 0.1) is 29.3 Å². The summed E-state index contributed by atoms with van der Waals surface area (Å²) >= 11 is 0. The van der Waals surface area contributed by atoms with Gasteiger partial charge in [-0.3, -0.25) is 13.9 Å². The average molecular weight is 460 g/mol. The van der Waals surface area contributed by atoms with E-state index in [0.717, 1.165) is 34.5 Å². The summed E-state index contributed by atoms with van der Waals surface area (Å²) in [7, 11) is -3.71. The molecule has 3 rings (SSSR count). The number of ether oxygens (including phenoxy) is 1. The van der Waals surface area contributed by atoms with Gasteiger partial charge in [0.2, 0.25) is 15.9 Å². The number of nitrogens with zero attached hydrogens (tertiary/aromatic N) is 1. The van der Waals surface area contributed by atoms with Crippen molar-refractivity contribution in [3.63, 3.8) is 0 Å². The van der Waals surface area contributed by atoms with Crippen LogP contribution in [0.3, 0.4) is 0 Å². The summed E-state index contributed by atoms with van der Waals surface area (Å²) in [5, 5.41) is 5.53. The van der Waals surface area contributed by atoms with Crippen LogP contribution < -0.4 is 14.9 Å². The third-order valence-corrected chi connectivity index (χ3v) is 6.62. The van der Waals surface area contributed by atoms with Crippen LogP contribution in [0.25, 0.3) is 0 Å². The topological polar surface area (TPSA) is 105 Å². The number of amides is 2. The lowest BCUT2D eigenvalue weighted by Crippen LogP contribution is -2.38. The molecule has 32 heavy (non-hydrogen) atoms. The van der Waals surface area contributed by atoms with Crippen LogP contribution in [0.2, 0.25) is 0 Å². The molecule has 0 spiro atoms. The largest absolute Gasteiger partial charge is 0.376 e. The Morgan fingerprint density at radius 1 is 1.12 bits per heavy atom. The molecule has 172 valence electrons. The first-order valence-corrected chi connectivity index (χ1v) is 12.3. The van der Waals surface area contributed by atoms with Gasteiger partial charge in [-0.15, -0.1) is 0 Å². The van der Waals surface area contributed by atoms with Gasteiger partial charge in [0, 0.05) is 13.2 Å². The van der Waals surface area contributed by atoms with Crippen molar-refractivity contribution in [2.75, 3.05) is 35.6 Å². The van der Waals surface area contributed by atoms with Crippen molar-refractivity contribution in [2.24, 2.45) is 0 Å². The average Bonchev–Trinajstić information content (AvgIpc) is 3.26. The molecule has 1 aliphatic rings. The Kier molecular flexibility index (Phi) is 7.52. The number of anilines is 2. The van der Waals surface area contributed by atoms with Crippen LogP contribution in [0.15, 0.2) is 42.5 Å². The summed E-state index contributed by atoms with van der Waals surface area (Å²) < 4.78 is 31.5. The van der Waals surface area contributed by atoms with Gasteiger partial charge in [0.15, 0.2) is 0 Å². The molecule has 1 atom stereocenters. The summed E-state index contributed by atoms with van der Waals surface area (Å²) in [6.07, 6.45) is 2.94. The minimum Gasteiger partial charge on any atom is -0.376 e. The molecule has 2 amide bonds. The lowest BCUT2D eigenvalue weighted by Gasteiger charge is -2.24. The fourth-order valence-electron chi connectivity index (χ4n) is 3.60. The van der Waals surface area contributed by atoms with Crippen LogP contribution in [0.4, 0.5) is 11.4 Å². The lowest BCUT2D eigenvalue weighted by atomic mass is 10.1. The van der Waals surface area contributed by atoms with E-state index in [1.807, 2.05) is 19.9 Å². The molecule has 0 aromatic heterocycles. The van der Waals surface area contributed by atoms with Gasteiger partial charge in [-0.25, -0.2) is 8.42 Å². The quantitative estimate of drug-likeness (QED) is 0.631. The van der Waals surface area contributed by atoms with Gasteiger partial charge >= 0.3 is 0 Å². The Morgan fingerprint density at radius 2 is 1.88 bits per heavy atom. The monoisotopic (exact) mass is 459 g/mol. The Labute approximate surface area is 189 Å². The van der Waals surface area contributed by atoms with Crippen LogP contribution in [-0.4, -0.2) is 52.3 Å². The van der Waals surface area contributed by atoms with Gasteiger partial charge in [0.1, 0.15) is 6.54 Å². The number of rotatable bonds is 8. The Hall–Kier alpha value is -2.91. The number of hydrogen-bond donors (Lipinski definition) is 2. The molecule has 1 fully saturated rings. The molecule has 1 aliphatic heterocycles.